The summed E-state index contributed by atoms with van der Waals surface area (Å²) in [5.41, 5.74) is 0. The Hall–Kier alpha value is -0.180. The van der Waals surface area contributed by atoms with Crippen LogP contribution in [0.4, 0.5) is 0 Å². The molecular weight excluding hydrogens is 280 g/mol. The zero-order valence-corrected chi connectivity index (χ0v) is 14.9. The molecule has 0 aliphatic carbocycles. The van der Waals surface area contributed by atoms with Crippen molar-refractivity contribution in [2.45, 2.75) is 95.1 Å². The SMILES string of the molecule is CCCCCCCCCCCCCC[C@@]1(C(=O)OC)CS1. The molecule has 124 valence electrons. The fraction of sp³-hybridized carbons (Fsp3) is 0.944. The van der Waals surface area contributed by atoms with E-state index in [0.717, 1.165) is 12.2 Å². The van der Waals surface area contributed by atoms with Crippen LogP contribution in [0.5, 0.6) is 0 Å². The highest BCUT2D eigenvalue weighted by Crippen LogP contribution is 2.49. The highest BCUT2D eigenvalue weighted by atomic mass is 32.2. The Morgan fingerprint density at radius 2 is 1.33 bits per heavy atom. The van der Waals surface area contributed by atoms with Gasteiger partial charge in [-0.15, -0.1) is 11.8 Å². The predicted molar refractivity (Wildman–Crippen MR) is 92.9 cm³/mol. The minimum Gasteiger partial charge on any atom is -0.468 e. The van der Waals surface area contributed by atoms with Crippen LogP contribution < -0.4 is 0 Å². The van der Waals surface area contributed by atoms with Crippen LogP contribution in [-0.2, 0) is 9.53 Å². The summed E-state index contributed by atoms with van der Waals surface area (Å²) >= 11 is 1.76. The maximum atomic E-state index is 11.6. The molecule has 1 atom stereocenters. The molecule has 0 spiro atoms. The largest absolute Gasteiger partial charge is 0.468 e. The third kappa shape index (κ3) is 8.13. The summed E-state index contributed by atoms with van der Waals surface area (Å²) < 4.78 is 4.73. The minimum absolute atomic E-state index is 0.00410. The first-order valence-electron chi connectivity index (χ1n) is 8.97. The summed E-state index contributed by atoms with van der Waals surface area (Å²) in [4.78, 5) is 11.6. The first-order valence-corrected chi connectivity index (χ1v) is 9.96. The van der Waals surface area contributed by atoms with Crippen molar-refractivity contribution in [3.63, 3.8) is 0 Å². The number of methoxy groups -OCH3 is 1. The number of rotatable bonds is 14. The lowest BCUT2D eigenvalue weighted by atomic mass is 10.0. The lowest BCUT2D eigenvalue weighted by Crippen LogP contribution is -2.24. The highest BCUT2D eigenvalue weighted by molar-refractivity contribution is 8.08. The van der Waals surface area contributed by atoms with Gasteiger partial charge in [-0.25, -0.2) is 0 Å². The van der Waals surface area contributed by atoms with Crippen LogP contribution in [0.25, 0.3) is 0 Å². The van der Waals surface area contributed by atoms with Crippen LogP contribution >= 0.6 is 11.8 Å². The van der Waals surface area contributed by atoms with Gasteiger partial charge in [0.1, 0.15) is 4.75 Å². The molecule has 0 N–H and O–H groups in total. The number of hydrogen-bond acceptors (Lipinski definition) is 3. The number of hydrogen-bond donors (Lipinski definition) is 0. The molecule has 3 heteroatoms. The molecule has 0 aromatic carbocycles. The summed E-state index contributed by atoms with van der Waals surface area (Å²) in [6.45, 7) is 2.27. The second-order valence-corrected chi connectivity index (χ2v) is 7.77. The monoisotopic (exact) mass is 314 g/mol. The average molecular weight is 315 g/mol. The lowest BCUT2D eigenvalue weighted by molar-refractivity contribution is -0.142. The van der Waals surface area contributed by atoms with Gasteiger partial charge in [-0.05, 0) is 6.42 Å². The lowest BCUT2D eigenvalue weighted by Gasteiger charge is -2.10. The van der Waals surface area contributed by atoms with Crippen molar-refractivity contribution < 1.29 is 9.53 Å². The molecule has 0 amide bonds. The Bertz CT molecular complexity index is 274. The fourth-order valence-corrected chi connectivity index (χ4v) is 3.82. The van der Waals surface area contributed by atoms with Gasteiger partial charge < -0.3 is 4.74 Å². The van der Waals surface area contributed by atoms with Crippen LogP contribution in [0, 0.1) is 0 Å². The molecule has 1 aliphatic rings. The number of carbonyl (C=O) groups is 1. The van der Waals surface area contributed by atoms with Crippen LogP contribution in [0.3, 0.4) is 0 Å². The molecule has 0 aromatic heterocycles. The van der Waals surface area contributed by atoms with E-state index in [0.29, 0.717) is 0 Å². The Morgan fingerprint density at radius 1 is 0.905 bits per heavy atom. The van der Waals surface area contributed by atoms with Crippen molar-refractivity contribution in [3.05, 3.63) is 0 Å². The van der Waals surface area contributed by atoms with Crippen LogP contribution in [0.15, 0.2) is 0 Å². The van der Waals surface area contributed by atoms with Gasteiger partial charge in [0.2, 0.25) is 0 Å². The van der Waals surface area contributed by atoms with Crippen LogP contribution in [0.2, 0.25) is 0 Å². The second-order valence-electron chi connectivity index (χ2n) is 6.41. The van der Waals surface area contributed by atoms with E-state index in [9.17, 15) is 4.79 Å². The molecule has 0 bridgehead atoms. The van der Waals surface area contributed by atoms with E-state index in [4.69, 9.17) is 4.74 Å². The molecule has 1 aliphatic heterocycles. The summed E-state index contributed by atoms with van der Waals surface area (Å²) in [7, 11) is 1.51. The molecule has 1 rings (SSSR count). The van der Waals surface area contributed by atoms with Crippen molar-refractivity contribution in [2.24, 2.45) is 0 Å². The van der Waals surface area contributed by atoms with Gasteiger partial charge in [0.25, 0.3) is 0 Å². The van der Waals surface area contributed by atoms with Gasteiger partial charge in [0.15, 0.2) is 0 Å². The summed E-state index contributed by atoms with van der Waals surface area (Å²) in [6.07, 6.45) is 17.4. The molecule has 2 nitrogen and oxygen atoms in total. The van der Waals surface area contributed by atoms with Gasteiger partial charge in [0, 0.05) is 5.75 Å². The molecule has 1 saturated heterocycles. The Balaban J connectivity index is 1.80. The maximum absolute atomic E-state index is 11.6. The quantitative estimate of drug-likeness (QED) is 0.232. The van der Waals surface area contributed by atoms with E-state index < -0.39 is 0 Å². The van der Waals surface area contributed by atoms with Crippen molar-refractivity contribution in [1.29, 1.82) is 0 Å². The summed E-state index contributed by atoms with van der Waals surface area (Å²) in [5.74, 6) is 0.966. The van der Waals surface area contributed by atoms with Crippen molar-refractivity contribution in [3.8, 4) is 0 Å². The first-order chi connectivity index (χ1) is 10.2. The predicted octanol–water partition coefficient (Wildman–Crippen LogP) is 5.74. The van der Waals surface area contributed by atoms with Crippen LogP contribution in [-0.4, -0.2) is 23.6 Å². The Labute approximate surface area is 135 Å². The molecule has 1 heterocycles. The number of unbranched alkanes of at least 4 members (excludes halogenated alkanes) is 11. The number of esters is 1. The van der Waals surface area contributed by atoms with Gasteiger partial charge in [0.05, 0.1) is 7.11 Å². The second kappa shape index (κ2) is 11.4. The molecule has 21 heavy (non-hydrogen) atoms. The number of ether oxygens (including phenoxy) is 1. The smallest absolute Gasteiger partial charge is 0.322 e. The van der Waals surface area contributed by atoms with E-state index in [1.807, 2.05) is 0 Å². The zero-order valence-electron chi connectivity index (χ0n) is 14.1. The maximum Gasteiger partial charge on any atom is 0.322 e. The van der Waals surface area contributed by atoms with Gasteiger partial charge in [-0.1, -0.05) is 84.0 Å². The minimum atomic E-state index is -0.146. The zero-order chi connectivity index (χ0) is 15.4. The molecule has 0 unspecified atom stereocenters. The van der Waals surface area contributed by atoms with Crippen LogP contribution in [0.1, 0.15) is 90.4 Å². The van der Waals surface area contributed by atoms with E-state index in [-0.39, 0.29) is 10.7 Å². The van der Waals surface area contributed by atoms with Gasteiger partial charge in [-0.3, -0.25) is 4.79 Å². The van der Waals surface area contributed by atoms with E-state index >= 15 is 0 Å². The first kappa shape index (κ1) is 18.9. The Morgan fingerprint density at radius 3 is 1.71 bits per heavy atom. The standard InChI is InChI=1S/C18H34O2S/c1-3-4-5-6-7-8-9-10-11-12-13-14-15-18(16-21-18)17(19)20-2/h3-16H2,1-2H3/t18-/m0/s1. The summed E-state index contributed by atoms with van der Waals surface area (Å²) in [6, 6.07) is 0. The van der Waals surface area contributed by atoms with E-state index in [2.05, 4.69) is 6.92 Å². The van der Waals surface area contributed by atoms with E-state index in [1.165, 1.54) is 84.2 Å². The average Bonchev–Trinajstić information content (AvgIpc) is 3.28. The van der Waals surface area contributed by atoms with Crippen molar-refractivity contribution in [2.75, 3.05) is 12.9 Å². The normalized spacial score (nSPS) is 20.5. The highest BCUT2D eigenvalue weighted by Gasteiger charge is 2.51. The third-order valence-electron chi connectivity index (χ3n) is 4.48. The number of thioether (sulfide) groups is 1. The number of carbonyl (C=O) groups excluding carboxylic acids is 1. The fourth-order valence-electron chi connectivity index (χ4n) is 2.89. The van der Waals surface area contributed by atoms with Crippen molar-refractivity contribution in [1.82, 2.24) is 0 Å². The molecule has 1 fully saturated rings. The topological polar surface area (TPSA) is 26.3 Å². The Kier molecular flexibility index (Phi) is 10.2. The van der Waals surface area contributed by atoms with Gasteiger partial charge in [-0.2, -0.15) is 0 Å². The molecular formula is C18H34O2S. The van der Waals surface area contributed by atoms with E-state index in [1.54, 1.807) is 11.8 Å². The third-order valence-corrected chi connectivity index (χ3v) is 5.84. The molecule has 0 saturated carbocycles. The molecule has 0 radical (unpaired) electrons. The van der Waals surface area contributed by atoms with Crippen molar-refractivity contribution >= 4 is 17.7 Å². The molecule has 0 aromatic rings. The summed E-state index contributed by atoms with van der Waals surface area (Å²) in [5, 5.41) is 0. The van der Waals surface area contributed by atoms with Gasteiger partial charge >= 0.3 is 5.97 Å².